The first kappa shape index (κ1) is 21.7. The number of amides is 2. The summed E-state index contributed by atoms with van der Waals surface area (Å²) in [5, 5.41) is 3.13. The molecule has 3 N–H and O–H groups in total. The molecule has 0 radical (unpaired) electrons. The number of benzene rings is 1. The predicted molar refractivity (Wildman–Crippen MR) is 107 cm³/mol. The second-order valence-electron chi connectivity index (χ2n) is 7.38. The van der Waals surface area contributed by atoms with E-state index in [4.69, 9.17) is 10.5 Å². The van der Waals surface area contributed by atoms with Gasteiger partial charge in [0.2, 0.25) is 11.8 Å². The summed E-state index contributed by atoms with van der Waals surface area (Å²) < 4.78 is 5.37. The first-order chi connectivity index (χ1) is 12.6. The van der Waals surface area contributed by atoms with Crippen molar-refractivity contribution in [3.63, 3.8) is 0 Å². The van der Waals surface area contributed by atoms with Crippen molar-refractivity contribution < 1.29 is 14.3 Å². The van der Waals surface area contributed by atoms with Gasteiger partial charge in [-0.1, -0.05) is 30.3 Å². The zero-order chi connectivity index (χ0) is 18.4. The Balaban J connectivity index is 0.00000261. The Hall–Kier alpha value is -1.63. The molecule has 1 atom stereocenters. The van der Waals surface area contributed by atoms with Gasteiger partial charge < -0.3 is 20.7 Å². The van der Waals surface area contributed by atoms with Gasteiger partial charge in [-0.05, 0) is 31.2 Å². The summed E-state index contributed by atoms with van der Waals surface area (Å²) in [6, 6.07) is 10.1. The van der Waals surface area contributed by atoms with Gasteiger partial charge in [0.15, 0.2) is 0 Å². The van der Waals surface area contributed by atoms with E-state index in [0.29, 0.717) is 52.1 Å². The molecule has 1 aromatic carbocycles. The first-order valence-electron chi connectivity index (χ1n) is 9.53. The molecule has 2 aliphatic heterocycles. The Bertz CT molecular complexity index is 620. The fourth-order valence-corrected chi connectivity index (χ4v) is 3.78. The molecule has 0 aliphatic carbocycles. The molecule has 6 nitrogen and oxygen atoms in total. The van der Waals surface area contributed by atoms with Gasteiger partial charge in [-0.25, -0.2) is 0 Å². The SMILES string of the molecule is Cl.NCC1(C(=O)NC2CCN(C(=O)CCc3ccccc3)C2)CCOCC1. The summed E-state index contributed by atoms with van der Waals surface area (Å²) in [4.78, 5) is 27.1. The molecule has 27 heavy (non-hydrogen) atoms. The van der Waals surface area contributed by atoms with E-state index in [0.717, 1.165) is 12.8 Å². The number of aryl methyl sites for hydroxylation is 1. The Morgan fingerprint density at radius 2 is 1.93 bits per heavy atom. The lowest BCUT2D eigenvalue weighted by atomic mass is 9.79. The highest BCUT2D eigenvalue weighted by atomic mass is 35.5. The number of hydrogen-bond acceptors (Lipinski definition) is 4. The molecule has 0 spiro atoms. The van der Waals surface area contributed by atoms with Crippen LogP contribution in [-0.2, 0) is 20.7 Å². The molecule has 3 rings (SSSR count). The van der Waals surface area contributed by atoms with Gasteiger partial charge in [-0.15, -0.1) is 12.4 Å². The molecule has 0 bridgehead atoms. The molecule has 1 unspecified atom stereocenters. The van der Waals surface area contributed by atoms with E-state index in [-0.39, 0.29) is 30.3 Å². The van der Waals surface area contributed by atoms with Crippen molar-refractivity contribution >= 4 is 24.2 Å². The summed E-state index contributed by atoms with van der Waals surface area (Å²) in [6.07, 6.45) is 3.40. The smallest absolute Gasteiger partial charge is 0.227 e. The van der Waals surface area contributed by atoms with Crippen LogP contribution in [0.2, 0.25) is 0 Å². The van der Waals surface area contributed by atoms with Crippen LogP contribution in [0.4, 0.5) is 0 Å². The molecule has 7 heteroatoms. The van der Waals surface area contributed by atoms with Gasteiger partial charge in [-0.3, -0.25) is 9.59 Å². The number of carbonyl (C=O) groups excluding carboxylic acids is 2. The van der Waals surface area contributed by atoms with E-state index in [1.807, 2.05) is 35.2 Å². The summed E-state index contributed by atoms with van der Waals surface area (Å²) in [6.45, 7) is 2.81. The molecule has 2 aliphatic rings. The Morgan fingerprint density at radius 3 is 2.59 bits per heavy atom. The van der Waals surface area contributed by atoms with Gasteiger partial charge >= 0.3 is 0 Å². The van der Waals surface area contributed by atoms with Crippen LogP contribution >= 0.6 is 12.4 Å². The van der Waals surface area contributed by atoms with E-state index < -0.39 is 5.41 Å². The fourth-order valence-electron chi connectivity index (χ4n) is 3.78. The van der Waals surface area contributed by atoms with Gasteiger partial charge in [0.25, 0.3) is 0 Å². The predicted octanol–water partition coefficient (Wildman–Crippen LogP) is 1.51. The van der Waals surface area contributed by atoms with Crippen molar-refractivity contribution in [3.05, 3.63) is 35.9 Å². The zero-order valence-corrected chi connectivity index (χ0v) is 16.5. The lowest BCUT2D eigenvalue weighted by Crippen LogP contribution is -2.52. The summed E-state index contributed by atoms with van der Waals surface area (Å²) in [5.41, 5.74) is 6.57. The number of carbonyl (C=O) groups is 2. The van der Waals surface area contributed by atoms with Gasteiger partial charge in [-0.2, -0.15) is 0 Å². The summed E-state index contributed by atoms with van der Waals surface area (Å²) >= 11 is 0. The van der Waals surface area contributed by atoms with Gasteiger partial charge in [0, 0.05) is 45.3 Å². The maximum atomic E-state index is 12.7. The van der Waals surface area contributed by atoms with Crippen LogP contribution in [0.3, 0.4) is 0 Å². The second-order valence-corrected chi connectivity index (χ2v) is 7.38. The summed E-state index contributed by atoms with van der Waals surface area (Å²) in [7, 11) is 0. The topological polar surface area (TPSA) is 84.7 Å². The average molecular weight is 396 g/mol. The largest absolute Gasteiger partial charge is 0.381 e. The van der Waals surface area contributed by atoms with Gasteiger partial charge in [0.05, 0.1) is 5.41 Å². The highest BCUT2D eigenvalue weighted by Gasteiger charge is 2.40. The third-order valence-corrected chi connectivity index (χ3v) is 5.67. The number of likely N-dealkylation sites (tertiary alicyclic amines) is 1. The summed E-state index contributed by atoms with van der Waals surface area (Å²) in [5.74, 6) is 0.178. The Labute approximate surface area is 167 Å². The van der Waals surface area contributed by atoms with Crippen LogP contribution in [0.15, 0.2) is 30.3 Å². The van der Waals surface area contributed by atoms with Crippen LogP contribution in [-0.4, -0.2) is 55.6 Å². The molecule has 1 aromatic rings. The van der Waals surface area contributed by atoms with E-state index in [9.17, 15) is 9.59 Å². The molecular weight excluding hydrogens is 366 g/mol. The highest BCUT2D eigenvalue weighted by Crippen LogP contribution is 2.30. The average Bonchev–Trinajstić information content (AvgIpc) is 3.16. The van der Waals surface area contributed by atoms with Crippen molar-refractivity contribution in [2.45, 2.75) is 38.1 Å². The van der Waals surface area contributed by atoms with Crippen LogP contribution in [0.25, 0.3) is 0 Å². The van der Waals surface area contributed by atoms with E-state index in [1.165, 1.54) is 5.56 Å². The minimum absolute atomic E-state index is 0. The highest BCUT2D eigenvalue weighted by molar-refractivity contribution is 5.85. The molecular formula is C20H30ClN3O3. The van der Waals surface area contributed by atoms with Crippen molar-refractivity contribution in [3.8, 4) is 0 Å². The number of ether oxygens (including phenoxy) is 1. The van der Waals surface area contributed by atoms with Crippen LogP contribution in [0.1, 0.15) is 31.2 Å². The normalized spacial score (nSPS) is 21.4. The van der Waals surface area contributed by atoms with Crippen LogP contribution in [0, 0.1) is 5.41 Å². The van der Waals surface area contributed by atoms with Crippen LogP contribution < -0.4 is 11.1 Å². The maximum Gasteiger partial charge on any atom is 0.227 e. The monoisotopic (exact) mass is 395 g/mol. The van der Waals surface area contributed by atoms with Crippen molar-refractivity contribution in [1.82, 2.24) is 10.2 Å². The molecule has 150 valence electrons. The van der Waals surface area contributed by atoms with Crippen molar-refractivity contribution in [2.24, 2.45) is 11.1 Å². The Morgan fingerprint density at radius 1 is 1.22 bits per heavy atom. The third-order valence-electron chi connectivity index (χ3n) is 5.67. The lowest BCUT2D eigenvalue weighted by molar-refractivity contribution is -0.137. The van der Waals surface area contributed by atoms with E-state index >= 15 is 0 Å². The van der Waals surface area contributed by atoms with Crippen molar-refractivity contribution in [1.29, 1.82) is 0 Å². The van der Waals surface area contributed by atoms with E-state index in [2.05, 4.69) is 5.32 Å². The number of nitrogens with zero attached hydrogens (tertiary/aromatic N) is 1. The fraction of sp³-hybridized carbons (Fsp3) is 0.600. The number of nitrogens with two attached hydrogens (primary N) is 1. The molecule has 2 heterocycles. The maximum absolute atomic E-state index is 12.7. The number of hydrogen-bond donors (Lipinski definition) is 2. The Kier molecular flexibility index (Phi) is 8.07. The van der Waals surface area contributed by atoms with Gasteiger partial charge in [0.1, 0.15) is 0 Å². The van der Waals surface area contributed by atoms with E-state index in [1.54, 1.807) is 0 Å². The number of rotatable bonds is 6. The minimum atomic E-state index is -0.511. The molecule has 2 fully saturated rings. The van der Waals surface area contributed by atoms with Crippen molar-refractivity contribution in [2.75, 3.05) is 32.8 Å². The second kappa shape index (κ2) is 10.1. The standard InChI is InChI=1S/C20H29N3O3.ClH/c21-15-20(9-12-26-13-10-20)19(25)22-17-8-11-23(14-17)18(24)7-6-16-4-2-1-3-5-16;/h1-5,17H,6-15,21H2,(H,22,25);1H. The molecule has 0 saturated carbocycles. The quantitative estimate of drug-likeness (QED) is 0.764. The number of nitrogens with one attached hydrogen (secondary N) is 1. The molecule has 2 saturated heterocycles. The third kappa shape index (κ3) is 5.43. The first-order valence-corrected chi connectivity index (χ1v) is 9.53. The minimum Gasteiger partial charge on any atom is -0.381 e. The molecule has 0 aromatic heterocycles. The lowest BCUT2D eigenvalue weighted by Gasteiger charge is -2.35. The zero-order valence-electron chi connectivity index (χ0n) is 15.7. The molecule has 2 amide bonds. The van der Waals surface area contributed by atoms with Crippen LogP contribution in [0.5, 0.6) is 0 Å². The number of halogens is 1.